The van der Waals surface area contributed by atoms with Gasteiger partial charge in [-0.1, -0.05) is 24.3 Å². The summed E-state index contributed by atoms with van der Waals surface area (Å²) in [5, 5.41) is 0. The number of thioether (sulfide) groups is 1. The van der Waals surface area contributed by atoms with Crippen molar-refractivity contribution in [3.8, 4) is 0 Å². The van der Waals surface area contributed by atoms with Gasteiger partial charge in [-0.25, -0.2) is 0 Å². The van der Waals surface area contributed by atoms with Gasteiger partial charge < -0.3 is 5.73 Å². The Morgan fingerprint density at radius 1 is 1.29 bits per heavy atom. The average molecular weight is 248 g/mol. The van der Waals surface area contributed by atoms with E-state index in [4.69, 9.17) is 5.73 Å². The summed E-state index contributed by atoms with van der Waals surface area (Å²) < 4.78 is 0. The minimum atomic E-state index is 0.581. The van der Waals surface area contributed by atoms with E-state index in [1.54, 1.807) is 0 Å². The molecule has 2 aliphatic heterocycles. The number of hydrogen-bond donors (Lipinski definition) is 1. The Kier molecular flexibility index (Phi) is 3.41. The first-order valence-electron chi connectivity index (χ1n) is 6.47. The molecule has 2 unspecified atom stereocenters. The maximum absolute atomic E-state index is 6.02. The fraction of sp³-hybridized carbons (Fsp3) is 0.571. The normalized spacial score (nSPS) is 26.1. The lowest BCUT2D eigenvalue weighted by Gasteiger charge is -2.31. The molecule has 1 aromatic rings. The van der Waals surface area contributed by atoms with Gasteiger partial charge in [-0.05, 0) is 35.0 Å². The predicted octanol–water partition coefficient (Wildman–Crippen LogP) is 2.08. The summed E-state index contributed by atoms with van der Waals surface area (Å²) in [5.74, 6) is 3.43. The molecular weight excluding hydrogens is 228 g/mol. The average Bonchev–Trinajstić information content (AvgIpc) is 2.98. The SMILES string of the molecule is NCC(C1CCSC1)N1Cc2ccccc2C1. The van der Waals surface area contributed by atoms with E-state index >= 15 is 0 Å². The zero-order chi connectivity index (χ0) is 11.7. The van der Waals surface area contributed by atoms with Crippen LogP contribution in [0.25, 0.3) is 0 Å². The molecule has 1 fully saturated rings. The Morgan fingerprint density at radius 2 is 2.00 bits per heavy atom. The van der Waals surface area contributed by atoms with Gasteiger partial charge in [-0.2, -0.15) is 11.8 Å². The van der Waals surface area contributed by atoms with Crippen LogP contribution in [0.1, 0.15) is 17.5 Å². The molecule has 2 nitrogen and oxygen atoms in total. The van der Waals surface area contributed by atoms with Gasteiger partial charge >= 0.3 is 0 Å². The molecule has 0 radical (unpaired) electrons. The van der Waals surface area contributed by atoms with Crippen molar-refractivity contribution in [3.05, 3.63) is 35.4 Å². The third-order valence-corrected chi connectivity index (χ3v) is 5.27. The van der Waals surface area contributed by atoms with Crippen LogP contribution in [0, 0.1) is 5.92 Å². The maximum atomic E-state index is 6.02. The summed E-state index contributed by atoms with van der Waals surface area (Å²) in [6.07, 6.45) is 1.35. The molecule has 1 saturated heterocycles. The van der Waals surface area contributed by atoms with Crippen LogP contribution in [0.5, 0.6) is 0 Å². The van der Waals surface area contributed by atoms with Crippen LogP contribution in [0.4, 0.5) is 0 Å². The summed E-state index contributed by atoms with van der Waals surface area (Å²) in [7, 11) is 0. The molecule has 2 atom stereocenters. The highest BCUT2D eigenvalue weighted by molar-refractivity contribution is 7.99. The van der Waals surface area contributed by atoms with Crippen molar-refractivity contribution < 1.29 is 0 Å². The van der Waals surface area contributed by atoms with E-state index in [1.165, 1.54) is 29.1 Å². The fourth-order valence-electron chi connectivity index (χ4n) is 3.09. The van der Waals surface area contributed by atoms with Crippen LogP contribution in [-0.4, -0.2) is 29.0 Å². The number of hydrogen-bond acceptors (Lipinski definition) is 3. The van der Waals surface area contributed by atoms with Crippen molar-refractivity contribution in [2.75, 3.05) is 18.1 Å². The standard InChI is InChI=1S/C14H20N2S/c15-7-14(13-5-6-17-10-13)16-8-11-3-1-2-4-12(11)9-16/h1-4,13-14H,5-10,15H2. The number of benzene rings is 1. The summed E-state index contributed by atoms with van der Waals surface area (Å²) in [6, 6.07) is 9.38. The molecule has 0 aromatic heterocycles. The monoisotopic (exact) mass is 248 g/mol. The molecule has 0 spiro atoms. The van der Waals surface area contributed by atoms with Crippen LogP contribution in [0.15, 0.2) is 24.3 Å². The second kappa shape index (κ2) is 5.01. The smallest absolute Gasteiger partial charge is 0.0261 e. The lowest BCUT2D eigenvalue weighted by Crippen LogP contribution is -2.42. The Labute approximate surface area is 108 Å². The van der Waals surface area contributed by atoms with E-state index < -0.39 is 0 Å². The van der Waals surface area contributed by atoms with Crippen molar-refractivity contribution in [2.24, 2.45) is 11.7 Å². The van der Waals surface area contributed by atoms with E-state index in [0.29, 0.717) is 6.04 Å². The van der Waals surface area contributed by atoms with Crippen molar-refractivity contribution in [1.29, 1.82) is 0 Å². The lowest BCUT2D eigenvalue weighted by atomic mass is 9.98. The molecule has 0 saturated carbocycles. The Bertz CT molecular complexity index is 363. The fourth-order valence-corrected chi connectivity index (χ4v) is 4.42. The molecule has 3 heteroatoms. The molecule has 2 aliphatic rings. The summed E-state index contributed by atoms with van der Waals surface area (Å²) in [6.45, 7) is 3.00. The van der Waals surface area contributed by atoms with E-state index in [1.807, 2.05) is 0 Å². The molecular formula is C14H20N2S. The maximum Gasteiger partial charge on any atom is 0.0261 e. The third kappa shape index (κ3) is 2.24. The minimum Gasteiger partial charge on any atom is -0.329 e. The number of nitrogens with two attached hydrogens (primary N) is 1. The van der Waals surface area contributed by atoms with Gasteiger partial charge in [0.15, 0.2) is 0 Å². The van der Waals surface area contributed by atoms with Crippen LogP contribution < -0.4 is 5.73 Å². The zero-order valence-electron chi connectivity index (χ0n) is 10.1. The van der Waals surface area contributed by atoms with Gasteiger partial charge in [-0.3, -0.25) is 4.90 Å². The third-order valence-electron chi connectivity index (χ3n) is 4.08. The highest BCUT2D eigenvalue weighted by Crippen LogP contribution is 2.32. The highest BCUT2D eigenvalue weighted by Gasteiger charge is 2.32. The largest absolute Gasteiger partial charge is 0.329 e. The van der Waals surface area contributed by atoms with Gasteiger partial charge in [0.1, 0.15) is 0 Å². The first kappa shape index (κ1) is 11.6. The topological polar surface area (TPSA) is 29.3 Å². The Hall–Kier alpha value is -0.510. The predicted molar refractivity (Wildman–Crippen MR) is 74.0 cm³/mol. The van der Waals surface area contributed by atoms with Gasteiger partial charge in [-0.15, -0.1) is 0 Å². The number of rotatable bonds is 3. The van der Waals surface area contributed by atoms with Crippen LogP contribution >= 0.6 is 11.8 Å². The molecule has 0 aliphatic carbocycles. The second-order valence-corrected chi connectivity index (χ2v) is 6.25. The van der Waals surface area contributed by atoms with E-state index in [9.17, 15) is 0 Å². The van der Waals surface area contributed by atoms with Crippen LogP contribution in [0.2, 0.25) is 0 Å². The van der Waals surface area contributed by atoms with Crippen molar-refractivity contribution >= 4 is 11.8 Å². The van der Waals surface area contributed by atoms with E-state index in [0.717, 1.165) is 25.6 Å². The zero-order valence-corrected chi connectivity index (χ0v) is 11.0. The quantitative estimate of drug-likeness (QED) is 0.888. The van der Waals surface area contributed by atoms with Gasteiger partial charge in [0.05, 0.1) is 0 Å². The molecule has 17 heavy (non-hydrogen) atoms. The summed E-state index contributed by atoms with van der Waals surface area (Å²) >= 11 is 2.09. The molecule has 2 heterocycles. The summed E-state index contributed by atoms with van der Waals surface area (Å²) in [5.41, 5.74) is 9.01. The van der Waals surface area contributed by atoms with Gasteiger partial charge in [0, 0.05) is 25.7 Å². The first-order chi connectivity index (χ1) is 8.38. The van der Waals surface area contributed by atoms with Crippen LogP contribution in [0.3, 0.4) is 0 Å². The molecule has 1 aromatic carbocycles. The minimum absolute atomic E-state index is 0.581. The lowest BCUT2D eigenvalue weighted by molar-refractivity contribution is 0.155. The molecule has 92 valence electrons. The van der Waals surface area contributed by atoms with Crippen molar-refractivity contribution in [3.63, 3.8) is 0 Å². The second-order valence-electron chi connectivity index (χ2n) is 5.10. The first-order valence-corrected chi connectivity index (χ1v) is 7.62. The van der Waals surface area contributed by atoms with E-state index in [-0.39, 0.29) is 0 Å². The molecule has 0 amide bonds. The van der Waals surface area contributed by atoms with Crippen LogP contribution in [-0.2, 0) is 13.1 Å². The molecule has 0 bridgehead atoms. The molecule has 2 N–H and O–H groups in total. The molecule has 3 rings (SSSR count). The van der Waals surface area contributed by atoms with Crippen molar-refractivity contribution in [1.82, 2.24) is 4.90 Å². The van der Waals surface area contributed by atoms with Crippen molar-refractivity contribution in [2.45, 2.75) is 25.6 Å². The summed E-state index contributed by atoms with van der Waals surface area (Å²) in [4.78, 5) is 2.58. The van der Waals surface area contributed by atoms with Gasteiger partial charge in [0.2, 0.25) is 0 Å². The Morgan fingerprint density at radius 3 is 2.53 bits per heavy atom. The number of fused-ring (bicyclic) bond motifs is 1. The number of nitrogens with zero attached hydrogens (tertiary/aromatic N) is 1. The highest BCUT2D eigenvalue weighted by atomic mass is 32.2. The van der Waals surface area contributed by atoms with E-state index in [2.05, 4.69) is 40.9 Å². The Balaban J connectivity index is 1.73. The van der Waals surface area contributed by atoms with Gasteiger partial charge in [0.25, 0.3) is 0 Å².